The van der Waals surface area contributed by atoms with E-state index in [0.29, 0.717) is 17.1 Å². The average molecular weight is 338 g/mol. The van der Waals surface area contributed by atoms with Crippen LogP contribution in [-0.4, -0.2) is 39.5 Å². The molecule has 128 valence electrons. The molecule has 1 amide bonds. The molecule has 8 heteroatoms. The van der Waals surface area contributed by atoms with Crippen molar-refractivity contribution in [3.05, 3.63) is 42.2 Å². The number of nitrogens with zero attached hydrogens (tertiary/aromatic N) is 3. The molecule has 0 bridgehead atoms. The first-order valence-corrected chi connectivity index (χ1v) is 8.05. The summed E-state index contributed by atoms with van der Waals surface area (Å²) in [5.41, 5.74) is 2.61. The Morgan fingerprint density at radius 3 is 3.16 bits per heavy atom. The fourth-order valence-corrected chi connectivity index (χ4v) is 2.83. The fraction of sp³-hybridized carbons (Fsp3) is 0.235. The summed E-state index contributed by atoms with van der Waals surface area (Å²) in [5, 5.41) is 17.4. The van der Waals surface area contributed by atoms with Crippen LogP contribution in [0.4, 0.5) is 11.5 Å². The third-order valence-corrected chi connectivity index (χ3v) is 4.11. The van der Waals surface area contributed by atoms with Crippen molar-refractivity contribution < 1.29 is 9.53 Å². The Morgan fingerprint density at radius 2 is 2.28 bits per heavy atom. The van der Waals surface area contributed by atoms with Gasteiger partial charge in [0.1, 0.15) is 22.9 Å². The minimum absolute atomic E-state index is 0.259. The van der Waals surface area contributed by atoms with Crippen molar-refractivity contribution in [2.24, 2.45) is 0 Å². The quantitative estimate of drug-likeness (QED) is 0.678. The van der Waals surface area contributed by atoms with E-state index in [1.807, 2.05) is 28.9 Å². The van der Waals surface area contributed by atoms with Crippen LogP contribution in [-0.2, 0) is 6.54 Å². The second-order valence-corrected chi connectivity index (χ2v) is 5.76. The number of amides is 1. The van der Waals surface area contributed by atoms with Gasteiger partial charge >= 0.3 is 0 Å². The van der Waals surface area contributed by atoms with Crippen LogP contribution in [0.25, 0.3) is 11.3 Å². The van der Waals surface area contributed by atoms with Crippen molar-refractivity contribution in [3.8, 4) is 17.0 Å². The van der Waals surface area contributed by atoms with Gasteiger partial charge in [0.05, 0.1) is 19.0 Å². The highest BCUT2D eigenvalue weighted by Crippen LogP contribution is 2.26. The highest BCUT2D eigenvalue weighted by atomic mass is 16.5. The van der Waals surface area contributed by atoms with Gasteiger partial charge in [-0.1, -0.05) is 12.1 Å². The zero-order valence-corrected chi connectivity index (χ0v) is 13.7. The number of aromatic nitrogens is 4. The molecule has 0 atom stereocenters. The van der Waals surface area contributed by atoms with Gasteiger partial charge in [-0.3, -0.25) is 9.89 Å². The maximum absolute atomic E-state index is 12.5. The lowest BCUT2D eigenvalue weighted by Gasteiger charge is -2.16. The molecule has 0 radical (unpaired) electrons. The Balaban J connectivity index is 1.53. The zero-order valence-electron chi connectivity index (χ0n) is 13.7. The van der Waals surface area contributed by atoms with Gasteiger partial charge in [0.25, 0.3) is 5.91 Å². The number of fused-ring (bicyclic) bond motifs is 1. The van der Waals surface area contributed by atoms with E-state index in [1.54, 1.807) is 19.4 Å². The molecule has 0 fully saturated rings. The van der Waals surface area contributed by atoms with E-state index in [0.717, 1.165) is 36.6 Å². The number of H-pyrrole nitrogens is 1. The van der Waals surface area contributed by atoms with Gasteiger partial charge in [0, 0.05) is 18.7 Å². The second kappa shape index (κ2) is 6.31. The second-order valence-electron chi connectivity index (χ2n) is 5.76. The predicted octanol–water partition coefficient (Wildman–Crippen LogP) is 2.35. The number of rotatable bonds is 4. The van der Waals surface area contributed by atoms with Crippen LogP contribution in [0.3, 0.4) is 0 Å². The van der Waals surface area contributed by atoms with Gasteiger partial charge in [0.15, 0.2) is 0 Å². The molecule has 3 N–H and O–H groups in total. The van der Waals surface area contributed by atoms with Gasteiger partial charge in [-0.25, -0.2) is 4.68 Å². The van der Waals surface area contributed by atoms with Crippen molar-refractivity contribution in [2.45, 2.75) is 13.0 Å². The maximum Gasteiger partial charge on any atom is 0.273 e. The Bertz CT molecular complexity index is 914. The molecule has 0 unspecified atom stereocenters. The number of hydrogen-bond acceptors (Lipinski definition) is 5. The minimum atomic E-state index is -0.259. The van der Waals surface area contributed by atoms with Crippen molar-refractivity contribution in [3.63, 3.8) is 0 Å². The number of aryl methyl sites for hydroxylation is 1. The molecule has 1 aliphatic heterocycles. The van der Waals surface area contributed by atoms with Crippen LogP contribution in [0.5, 0.6) is 5.75 Å². The summed E-state index contributed by atoms with van der Waals surface area (Å²) in [6.07, 6.45) is 2.68. The standard InChI is InChI=1S/C17H18N6O2/c1-25-12-5-2-4-11(8-12)13-9-14(22-21-13)17(24)20-15-10-19-23-7-3-6-18-16(15)23/h2,4-5,8-10,18H,3,6-7H2,1H3,(H,20,24)(H,21,22). The number of methoxy groups -OCH3 is 1. The van der Waals surface area contributed by atoms with Crippen LogP contribution in [0.2, 0.25) is 0 Å². The molecule has 4 rings (SSSR count). The van der Waals surface area contributed by atoms with Crippen LogP contribution >= 0.6 is 0 Å². The van der Waals surface area contributed by atoms with Crippen LogP contribution < -0.4 is 15.4 Å². The van der Waals surface area contributed by atoms with Gasteiger partial charge in [0.2, 0.25) is 0 Å². The third kappa shape index (κ3) is 2.93. The number of ether oxygens (including phenoxy) is 1. The summed E-state index contributed by atoms with van der Waals surface area (Å²) in [7, 11) is 1.61. The predicted molar refractivity (Wildman–Crippen MR) is 93.9 cm³/mol. The molecule has 8 nitrogen and oxygen atoms in total. The molecule has 1 aliphatic rings. The SMILES string of the molecule is COc1cccc(-c2cc(C(=O)Nc3cnn4c3NCCC4)[nH]n2)c1. The van der Waals surface area contributed by atoms with Crippen molar-refractivity contribution in [1.82, 2.24) is 20.0 Å². The Morgan fingerprint density at radius 1 is 1.36 bits per heavy atom. The number of carbonyl (C=O) groups excluding carboxylic acids is 1. The highest BCUT2D eigenvalue weighted by molar-refractivity contribution is 6.04. The van der Waals surface area contributed by atoms with E-state index in [9.17, 15) is 4.79 Å². The van der Waals surface area contributed by atoms with E-state index in [4.69, 9.17) is 4.74 Å². The van der Waals surface area contributed by atoms with Crippen molar-refractivity contribution >= 4 is 17.4 Å². The average Bonchev–Trinajstić information content (AvgIpc) is 3.30. The monoisotopic (exact) mass is 338 g/mol. The molecule has 3 heterocycles. The summed E-state index contributed by atoms with van der Waals surface area (Å²) in [4.78, 5) is 12.5. The molecular formula is C17H18N6O2. The Hall–Kier alpha value is -3.29. The Labute approximate surface area is 144 Å². The first-order valence-electron chi connectivity index (χ1n) is 8.05. The Kier molecular flexibility index (Phi) is 3.85. The van der Waals surface area contributed by atoms with Crippen molar-refractivity contribution in [1.29, 1.82) is 0 Å². The summed E-state index contributed by atoms with van der Waals surface area (Å²) >= 11 is 0. The van der Waals surface area contributed by atoms with E-state index >= 15 is 0 Å². The molecule has 0 saturated carbocycles. The van der Waals surface area contributed by atoms with Crippen LogP contribution in [0.1, 0.15) is 16.9 Å². The zero-order chi connectivity index (χ0) is 17.2. The van der Waals surface area contributed by atoms with Crippen LogP contribution in [0, 0.1) is 0 Å². The van der Waals surface area contributed by atoms with E-state index in [2.05, 4.69) is 25.9 Å². The molecule has 1 aromatic carbocycles. The molecule has 2 aromatic heterocycles. The lowest BCUT2D eigenvalue weighted by molar-refractivity contribution is 0.102. The largest absolute Gasteiger partial charge is 0.497 e. The van der Waals surface area contributed by atoms with Gasteiger partial charge < -0.3 is 15.4 Å². The summed E-state index contributed by atoms with van der Waals surface area (Å²) in [6, 6.07) is 9.25. The summed E-state index contributed by atoms with van der Waals surface area (Å²) < 4.78 is 7.07. The molecule has 0 spiro atoms. The van der Waals surface area contributed by atoms with E-state index < -0.39 is 0 Å². The summed E-state index contributed by atoms with van der Waals surface area (Å²) in [5.74, 6) is 1.32. The number of hydrogen-bond donors (Lipinski definition) is 3. The minimum Gasteiger partial charge on any atom is -0.497 e. The maximum atomic E-state index is 12.5. The molecule has 0 saturated heterocycles. The normalized spacial score (nSPS) is 13.0. The van der Waals surface area contributed by atoms with Gasteiger partial charge in [-0.2, -0.15) is 10.2 Å². The lowest BCUT2D eigenvalue weighted by atomic mass is 10.1. The van der Waals surface area contributed by atoms with E-state index in [1.165, 1.54) is 0 Å². The number of aromatic amines is 1. The number of nitrogens with one attached hydrogen (secondary N) is 3. The first kappa shape index (κ1) is 15.3. The van der Waals surface area contributed by atoms with Crippen molar-refractivity contribution in [2.75, 3.05) is 24.3 Å². The molecule has 0 aliphatic carbocycles. The number of benzene rings is 1. The fourth-order valence-electron chi connectivity index (χ4n) is 2.83. The third-order valence-electron chi connectivity index (χ3n) is 4.11. The van der Waals surface area contributed by atoms with Gasteiger partial charge in [-0.05, 0) is 24.6 Å². The van der Waals surface area contributed by atoms with Gasteiger partial charge in [-0.15, -0.1) is 0 Å². The van der Waals surface area contributed by atoms with Crippen LogP contribution in [0.15, 0.2) is 36.5 Å². The molecular weight excluding hydrogens is 320 g/mol. The number of carbonyl (C=O) groups is 1. The molecule has 25 heavy (non-hydrogen) atoms. The summed E-state index contributed by atoms with van der Waals surface area (Å²) in [6.45, 7) is 1.72. The number of anilines is 2. The first-order chi connectivity index (χ1) is 12.2. The lowest BCUT2D eigenvalue weighted by Crippen LogP contribution is -2.19. The highest BCUT2D eigenvalue weighted by Gasteiger charge is 2.18. The van der Waals surface area contributed by atoms with E-state index in [-0.39, 0.29) is 5.91 Å². The smallest absolute Gasteiger partial charge is 0.273 e. The topological polar surface area (TPSA) is 96.9 Å². The molecule has 3 aromatic rings.